The third kappa shape index (κ3) is 2.87. The fourth-order valence-corrected chi connectivity index (χ4v) is 2.23. The summed E-state index contributed by atoms with van der Waals surface area (Å²) >= 11 is 0. The fraction of sp³-hybridized carbons (Fsp3) is 0.538. The molecular formula is C13H15F2NO. The summed E-state index contributed by atoms with van der Waals surface area (Å²) in [7, 11) is 0. The summed E-state index contributed by atoms with van der Waals surface area (Å²) in [5, 5.41) is 0. The zero-order valence-electron chi connectivity index (χ0n) is 9.75. The number of aromatic nitrogens is 1. The van der Waals surface area contributed by atoms with Crippen LogP contribution in [0.1, 0.15) is 41.6 Å². The molecule has 1 saturated carbocycles. The van der Waals surface area contributed by atoms with Gasteiger partial charge in [-0.15, -0.1) is 0 Å². The molecule has 1 aromatic heterocycles. The van der Waals surface area contributed by atoms with Crippen LogP contribution in [0.4, 0.5) is 8.78 Å². The Morgan fingerprint density at radius 2 is 2.00 bits per heavy atom. The Labute approximate surface area is 99.1 Å². The maximum atomic E-state index is 13.0. The van der Waals surface area contributed by atoms with Gasteiger partial charge in [0.05, 0.1) is 0 Å². The molecule has 1 aliphatic rings. The summed E-state index contributed by atoms with van der Waals surface area (Å²) < 4.78 is 26.0. The summed E-state index contributed by atoms with van der Waals surface area (Å²) in [5.74, 6) is -2.89. The second-order valence-corrected chi connectivity index (χ2v) is 4.75. The number of Topliss-reactive ketones (excluding diaryl/α,β-unsaturated/α-hetero) is 1. The van der Waals surface area contributed by atoms with Crippen LogP contribution in [0.3, 0.4) is 0 Å². The van der Waals surface area contributed by atoms with Crippen molar-refractivity contribution in [3.8, 4) is 0 Å². The van der Waals surface area contributed by atoms with E-state index in [1.54, 1.807) is 12.3 Å². The van der Waals surface area contributed by atoms with Crippen molar-refractivity contribution in [2.75, 3.05) is 0 Å². The second kappa shape index (κ2) is 4.51. The van der Waals surface area contributed by atoms with Crippen LogP contribution in [0.5, 0.6) is 0 Å². The standard InChI is InChI=1S/C13H15F2NO/c1-9-6-11(8-16-7-9)12(17)10-2-4-13(14,15)5-3-10/h6-8,10H,2-5H2,1H3. The molecule has 0 aromatic carbocycles. The van der Waals surface area contributed by atoms with Crippen LogP contribution in [0.2, 0.25) is 0 Å². The van der Waals surface area contributed by atoms with Gasteiger partial charge in [0.25, 0.3) is 0 Å². The smallest absolute Gasteiger partial charge is 0.248 e. The van der Waals surface area contributed by atoms with Crippen molar-refractivity contribution in [1.82, 2.24) is 4.98 Å². The molecule has 0 bridgehead atoms. The minimum atomic E-state index is -2.58. The van der Waals surface area contributed by atoms with Gasteiger partial charge in [-0.2, -0.15) is 0 Å². The van der Waals surface area contributed by atoms with Crippen LogP contribution >= 0.6 is 0 Å². The highest BCUT2D eigenvalue weighted by atomic mass is 19.3. The molecule has 1 fully saturated rings. The summed E-state index contributed by atoms with van der Waals surface area (Å²) in [6.45, 7) is 1.86. The third-order valence-corrected chi connectivity index (χ3v) is 3.25. The largest absolute Gasteiger partial charge is 0.294 e. The van der Waals surface area contributed by atoms with Crippen molar-refractivity contribution in [3.63, 3.8) is 0 Å². The van der Waals surface area contributed by atoms with Gasteiger partial charge in [0.2, 0.25) is 5.92 Å². The molecule has 0 unspecified atom stereocenters. The normalized spacial score (nSPS) is 20.2. The summed E-state index contributed by atoms with van der Waals surface area (Å²) in [5.41, 5.74) is 1.46. The number of alkyl halides is 2. The van der Waals surface area contributed by atoms with Crippen molar-refractivity contribution in [3.05, 3.63) is 29.6 Å². The molecule has 0 spiro atoms. The molecule has 0 aliphatic heterocycles. The molecule has 4 heteroatoms. The minimum absolute atomic E-state index is 0.0447. The second-order valence-electron chi connectivity index (χ2n) is 4.75. The molecule has 1 aliphatic carbocycles. The van der Waals surface area contributed by atoms with E-state index in [2.05, 4.69) is 4.98 Å². The average Bonchev–Trinajstić information content (AvgIpc) is 2.28. The van der Waals surface area contributed by atoms with Gasteiger partial charge in [-0.05, 0) is 31.4 Å². The van der Waals surface area contributed by atoms with Gasteiger partial charge < -0.3 is 0 Å². The lowest BCUT2D eigenvalue weighted by atomic mass is 9.82. The van der Waals surface area contributed by atoms with Crippen molar-refractivity contribution >= 4 is 5.78 Å². The lowest BCUT2D eigenvalue weighted by Crippen LogP contribution is -2.28. The van der Waals surface area contributed by atoms with Crippen molar-refractivity contribution in [2.45, 2.75) is 38.5 Å². The Balaban J connectivity index is 2.07. The van der Waals surface area contributed by atoms with Crippen molar-refractivity contribution in [2.24, 2.45) is 5.92 Å². The number of hydrogen-bond acceptors (Lipinski definition) is 2. The topological polar surface area (TPSA) is 30.0 Å². The van der Waals surface area contributed by atoms with Crippen LogP contribution in [0.15, 0.2) is 18.5 Å². The van der Waals surface area contributed by atoms with Crippen molar-refractivity contribution in [1.29, 1.82) is 0 Å². The summed E-state index contributed by atoms with van der Waals surface area (Å²) in [4.78, 5) is 16.0. The van der Waals surface area contributed by atoms with E-state index in [9.17, 15) is 13.6 Å². The summed E-state index contributed by atoms with van der Waals surface area (Å²) in [6, 6.07) is 1.77. The van der Waals surface area contributed by atoms with E-state index >= 15 is 0 Å². The number of halogens is 2. The number of pyridine rings is 1. The third-order valence-electron chi connectivity index (χ3n) is 3.25. The Kier molecular flexibility index (Phi) is 3.22. The number of ketones is 1. The Morgan fingerprint density at radius 3 is 2.59 bits per heavy atom. The molecule has 0 atom stereocenters. The average molecular weight is 239 g/mol. The Bertz CT molecular complexity index is 421. The zero-order valence-corrected chi connectivity index (χ0v) is 9.75. The highest BCUT2D eigenvalue weighted by molar-refractivity contribution is 5.97. The number of carbonyl (C=O) groups excluding carboxylic acids is 1. The quantitative estimate of drug-likeness (QED) is 0.740. The van der Waals surface area contributed by atoms with E-state index in [4.69, 9.17) is 0 Å². The molecule has 2 nitrogen and oxygen atoms in total. The monoisotopic (exact) mass is 239 g/mol. The number of hydrogen-bond donors (Lipinski definition) is 0. The van der Waals surface area contributed by atoms with Crippen LogP contribution in [0, 0.1) is 12.8 Å². The number of aryl methyl sites for hydroxylation is 1. The van der Waals surface area contributed by atoms with Gasteiger partial charge in [0.15, 0.2) is 5.78 Å². The molecule has 0 N–H and O–H groups in total. The molecule has 2 rings (SSSR count). The summed E-state index contributed by atoms with van der Waals surface area (Å²) in [6.07, 6.45) is 3.39. The first-order chi connectivity index (χ1) is 7.98. The van der Waals surface area contributed by atoms with E-state index in [0.717, 1.165) is 5.56 Å². The molecule has 1 heterocycles. The zero-order chi connectivity index (χ0) is 12.5. The maximum absolute atomic E-state index is 13.0. The SMILES string of the molecule is Cc1cncc(C(=O)C2CCC(F)(F)CC2)c1. The molecule has 0 radical (unpaired) electrons. The predicted molar refractivity (Wildman–Crippen MR) is 60.2 cm³/mol. The number of rotatable bonds is 2. The number of nitrogens with zero attached hydrogens (tertiary/aromatic N) is 1. The van der Waals surface area contributed by atoms with E-state index in [-0.39, 0.29) is 37.4 Å². The Morgan fingerprint density at radius 1 is 1.35 bits per heavy atom. The first kappa shape index (κ1) is 12.1. The lowest BCUT2D eigenvalue weighted by molar-refractivity contribution is -0.0424. The number of carbonyl (C=O) groups is 1. The molecule has 17 heavy (non-hydrogen) atoms. The van der Waals surface area contributed by atoms with Crippen LogP contribution in [0.25, 0.3) is 0 Å². The first-order valence-electron chi connectivity index (χ1n) is 5.82. The Hall–Kier alpha value is -1.32. The predicted octanol–water partition coefficient (Wildman–Crippen LogP) is 3.40. The van der Waals surface area contributed by atoms with Crippen molar-refractivity contribution < 1.29 is 13.6 Å². The molecule has 0 saturated heterocycles. The highest BCUT2D eigenvalue weighted by Gasteiger charge is 2.37. The van der Waals surface area contributed by atoms with E-state index in [1.165, 1.54) is 6.20 Å². The van der Waals surface area contributed by atoms with Gasteiger partial charge in [-0.1, -0.05) is 0 Å². The molecular weight excluding hydrogens is 224 g/mol. The van der Waals surface area contributed by atoms with Gasteiger partial charge in [0, 0.05) is 36.7 Å². The van der Waals surface area contributed by atoms with Gasteiger partial charge in [0.1, 0.15) is 0 Å². The van der Waals surface area contributed by atoms with Gasteiger partial charge >= 0.3 is 0 Å². The molecule has 0 amide bonds. The lowest BCUT2D eigenvalue weighted by Gasteiger charge is -2.27. The fourth-order valence-electron chi connectivity index (χ4n) is 2.23. The van der Waals surface area contributed by atoms with Gasteiger partial charge in [-0.3, -0.25) is 9.78 Å². The van der Waals surface area contributed by atoms with Crippen LogP contribution in [-0.2, 0) is 0 Å². The highest BCUT2D eigenvalue weighted by Crippen LogP contribution is 2.37. The molecule has 92 valence electrons. The van der Waals surface area contributed by atoms with E-state index in [0.29, 0.717) is 5.56 Å². The maximum Gasteiger partial charge on any atom is 0.248 e. The minimum Gasteiger partial charge on any atom is -0.294 e. The van der Waals surface area contributed by atoms with Crippen LogP contribution in [-0.4, -0.2) is 16.7 Å². The van der Waals surface area contributed by atoms with Gasteiger partial charge in [-0.25, -0.2) is 8.78 Å². The first-order valence-corrected chi connectivity index (χ1v) is 5.82. The van der Waals surface area contributed by atoms with Crippen LogP contribution < -0.4 is 0 Å². The van der Waals surface area contributed by atoms with E-state index in [1.807, 2.05) is 6.92 Å². The van der Waals surface area contributed by atoms with E-state index < -0.39 is 5.92 Å². The molecule has 1 aromatic rings.